The van der Waals surface area contributed by atoms with Gasteiger partial charge in [0, 0.05) is 5.39 Å². The quantitative estimate of drug-likeness (QED) is 0.143. The summed E-state index contributed by atoms with van der Waals surface area (Å²) in [6.07, 6.45) is 11.9. The van der Waals surface area contributed by atoms with Gasteiger partial charge in [0.1, 0.15) is 11.3 Å². The molecule has 0 aliphatic heterocycles. The second-order valence-electron chi connectivity index (χ2n) is 10.0. The lowest BCUT2D eigenvalue weighted by molar-refractivity contribution is 0.307. The predicted octanol–water partition coefficient (Wildman–Crippen LogP) is 10.0. The van der Waals surface area contributed by atoms with Crippen LogP contribution in [-0.2, 0) is 0 Å². The highest BCUT2D eigenvalue weighted by atomic mass is 16.5. The van der Waals surface area contributed by atoms with E-state index in [1.54, 1.807) is 0 Å². The van der Waals surface area contributed by atoms with Gasteiger partial charge in [0.05, 0.1) is 12.3 Å². The molecule has 2 heteroatoms. The Balaban J connectivity index is 1.27. The fourth-order valence-electron chi connectivity index (χ4n) is 5.49. The average molecular weight is 484 g/mol. The maximum absolute atomic E-state index is 6.18. The van der Waals surface area contributed by atoms with Gasteiger partial charge in [-0.3, -0.25) is 0 Å². The molecule has 0 unspecified atom stereocenters. The van der Waals surface area contributed by atoms with Gasteiger partial charge in [-0.1, -0.05) is 118 Å². The molecule has 1 aromatic heterocycles. The number of para-hydroxylation sites is 1. The van der Waals surface area contributed by atoms with Crippen LogP contribution in [0.4, 0.5) is 0 Å². The monoisotopic (exact) mass is 483 g/mol. The van der Waals surface area contributed by atoms with Gasteiger partial charge in [0.15, 0.2) is 0 Å². The molecule has 0 saturated heterocycles. The van der Waals surface area contributed by atoms with Gasteiger partial charge < -0.3 is 4.74 Å². The standard InChI is InChI=1S/C35H33NO/c1-2-3-4-5-6-7-24-37-32-13-9-12-29-19-22-30(36-35(29)32)21-18-25-14-15-28-17-16-26-10-8-11-27-20-23-31(25)34(28)33(26)27/h8-23H,2-7,24H2,1H3/b21-18+. The zero-order valence-corrected chi connectivity index (χ0v) is 21.5. The molecule has 0 bridgehead atoms. The van der Waals surface area contributed by atoms with E-state index in [-0.39, 0.29) is 0 Å². The summed E-state index contributed by atoms with van der Waals surface area (Å²) in [5.41, 5.74) is 3.08. The van der Waals surface area contributed by atoms with Gasteiger partial charge in [0.2, 0.25) is 0 Å². The van der Waals surface area contributed by atoms with Crippen molar-refractivity contribution in [2.24, 2.45) is 0 Å². The average Bonchev–Trinajstić information content (AvgIpc) is 2.94. The molecule has 2 nitrogen and oxygen atoms in total. The first kappa shape index (κ1) is 23.5. The Morgan fingerprint density at radius 1 is 0.622 bits per heavy atom. The number of hydrogen-bond acceptors (Lipinski definition) is 2. The Bertz CT molecular complexity index is 1680. The smallest absolute Gasteiger partial charge is 0.145 e. The van der Waals surface area contributed by atoms with Crippen LogP contribution in [0.5, 0.6) is 5.75 Å². The topological polar surface area (TPSA) is 22.1 Å². The molecule has 0 radical (unpaired) electrons. The number of hydrogen-bond donors (Lipinski definition) is 0. The van der Waals surface area contributed by atoms with Gasteiger partial charge in [-0.2, -0.15) is 0 Å². The summed E-state index contributed by atoms with van der Waals surface area (Å²) < 4.78 is 6.18. The molecule has 0 amide bonds. The predicted molar refractivity (Wildman–Crippen MR) is 160 cm³/mol. The highest BCUT2D eigenvalue weighted by Gasteiger charge is 2.10. The highest BCUT2D eigenvalue weighted by molar-refractivity contribution is 6.24. The van der Waals surface area contributed by atoms with Gasteiger partial charge in [0.25, 0.3) is 0 Å². The summed E-state index contributed by atoms with van der Waals surface area (Å²) in [5, 5.41) is 8.95. The third-order valence-corrected chi connectivity index (χ3v) is 7.46. The van der Waals surface area contributed by atoms with E-state index in [0.717, 1.165) is 35.4 Å². The van der Waals surface area contributed by atoms with Crippen molar-refractivity contribution >= 4 is 55.4 Å². The Kier molecular flexibility index (Phi) is 6.73. The first-order valence-electron chi connectivity index (χ1n) is 13.7. The maximum atomic E-state index is 6.18. The van der Waals surface area contributed by atoms with E-state index in [4.69, 9.17) is 9.72 Å². The minimum atomic E-state index is 0.746. The van der Waals surface area contributed by atoms with Crippen LogP contribution in [-0.4, -0.2) is 11.6 Å². The van der Waals surface area contributed by atoms with Crippen LogP contribution in [0.1, 0.15) is 56.7 Å². The molecule has 0 atom stereocenters. The second-order valence-corrected chi connectivity index (χ2v) is 10.0. The number of ether oxygens (including phenoxy) is 1. The van der Waals surface area contributed by atoms with Crippen LogP contribution >= 0.6 is 0 Å². The summed E-state index contributed by atoms with van der Waals surface area (Å²) in [7, 11) is 0. The van der Waals surface area contributed by atoms with Gasteiger partial charge in [-0.05, 0) is 62.5 Å². The molecule has 0 fully saturated rings. The first-order chi connectivity index (χ1) is 18.3. The zero-order valence-electron chi connectivity index (χ0n) is 21.5. The molecule has 1 heterocycles. The number of unbranched alkanes of at least 4 members (excludes halogenated alkanes) is 5. The molecule has 6 rings (SSSR count). The summed E-state index contributed by atoms with van der Waals surface area (Å²) >= 11 is 0. The minimum absolute atomic E-state index is 0.746. The van der Waals surface area contributed by atoms with Crippen molar-refractivity contribution in [3.63, 3.8) is 0 Å². The lowest BCUT2D eigenvalue weighted by Gasteiger charge is -2.12. The van der Waals surface area contributed by atoms with Crippen LogP contribution in [0.15, 0.2) is 84.9 Å². The highest BCUT2D eigenvalue weighted by Crippen LogP contribution is 2.36. The fraction of sp³-hybridized carbons (Fsp3) is 0.229. The minimum Gasteiger partial charge on any atom is -0.491 e. The number of fused-ring (bicyclic) bond motifs is 1. The number of nitrogens with zero attached hydrogens (tertiary/aromatic N) is 1. The number of benzene rings is 5. The fourth-order valence-corrected chi connectivity index (χ4v) is 5.49. The molecule has 0 N–H and O–H groups in total. The molecular formula is C35H33NO. The molecule has 0 spiro atoms. The van der Waals surface area contributed by atoms with Crippen molar-refractivity contribution in [2.75, 3.05) is 6.61 Å². The Morgan fingerprint density at radius 2 is 1.30 bits per heavy atom. The lowest BCUT2D eigenvalue weighted by atomic mass is 9.92. The molecule has 37 heavy (non-hydrogen) atoms. The van der Waals surface area contributed by atoms with Crippen LogP contribution in [0.25, 0.3) is 55.4 Å². The number of aromatic nitrogens is 1. The number of pyridine rings is 1. The molecule has 184 valence electrons. The normalized spacial score (nSPS) is 12.0. The van der Waals surface area contributed by atoms with E-state index in [1.165, 1.54) is 70.0 Å². The van der Waals surface area contributed by atoms with Crippen molar-refractivity contribution in [3.8, 4) is 5.75 Å². The van der Waals surface area contributed by atoms with Crippen molar-refractivity contribution in [2.45, 2.75) is 45.4 Å². The van der Waals surface area contributed by atoms with E-state index in [9.17, 15) is 0 Å². The summed E-state index contributed by atoms with van der Waals surface area (Å²) in [4.78, 5) is 4.98. The molecule has 0 aliphatic carbocycles. The first-order valence-corrected chi connectivity index (χ1v) is 13.7. The van der Waals surface area contributed by atoms with E-state index in [2.05, 4.69) is 97.9 Å². The van der Waals surface area contributed by atoms with Crippen molar-refractivity contribution in [3.05, 3.63) is 96.2 Å². The van der Waals surface area contributed by atoms with E-state index in [1.807, 2.05) is 6.07 Å². The molecule has 5 aromatic carbocycles. The molecule has 0 aliphatic rings. The van der Waals surface area contributed by atoms with E-state index in [0.29, 0.717) is 0 Å². The van der Waals surface area contributed by atoms with Crippen LogP contribution < -0.4 is 4.74 Å². The Hall–Kier alpha value is -3.91. The van der Waals surface area contributed by atoms with Crippen molar-refractivity contribution in [1.82, 2.24) is 4.98 Å². The Morgan fingerprint density at radius 3 is 2.16 bits per heavy atom. The SMILES string of the molecule is CCCCCCCCOc1cccc2ccc(/C=C/c3ccc4ccc5cccc6ccc3c4c56)nc12. The lowest BCUT2D eigenvalue weighted by Crippen LogP contribution is -1.99. The Labute approximate surface area is 218 Å². The van der Waals surface area contributed by atoms with Gasteiger partial charge in [-0.25, -0.2) is 4.98 Å². The third kappa shape index (κ3) is 4.76. The summed E-state index contributed by atoms with van der Waals surface area (Å²) in [6, 6.07) is 30.4. The van der Waals surface area contributed by atoms with Gasteiger partial charge in [-0.15, -0.1) is 0 Å². The summed E-state index contributed by atoms with van der Waals surface area (Å²) in [5.74, 6) is 0.879. The van der Waals surface area contributed by atoms with E-state index >= 15 is 0 Å². The van der Waals surface area contributed by atoms with Crippen LogP contribution in [0, 0.1) is 0 Å². The second kappa shape index (κ2) is 10.6. The third-order valence-electron chi connectivity index (χ3n) is 7.46. The summed E-state index contributed by atoms with van der Waals surface area (Å²) in [6.45, 7) is 3.00. The van der Waals surface area contributed by atoms with Crippen molar-refractivity contribution in [1.29, 1.82) is 0 Å². The molecule has 6 aromatic rings. The van der Waals surface area contributed by atoms with Crippen molar-refractivity contribution < 1.29 is 4.74 Å². The molecular weight excluding hydrogens is 450 g/mol. The van der Waals surface area contributed by atoms with Gasteiger partial charge >= 0.3 is 0 Å². The maximum Gasteiger partial charge on any atom is 0.145 e. The zero-order chi connectivity index (χ0) is 25.0. The van der Waals surface area contributed by atoms with E-state index < -0.39 is 0 Å². The van der Waals surface area contributed by atoms with Crippen LogP contribution in [0.3, 0.4) is 0 Å². The molecule has 0 saturated carbocycles. The largest absolute Gasteiger partial charge is 0.491 e. The van der Waals surface area contributed by atoms with Crippen LogP contribution in [0.2, 0.25) is 0 Å². The number of rotatable bonds is 10.